The number of rotatable bonds is 5. The van der Waals surface area contributed by atoms with Gasteiger partial charge in [-0.05, 0) is 36.8 Å². The maximum atomic E-state index is 11.0. The van der Waals surface area contributed by atoms with Crippen LogP contribution in [0.2, 0.25) is 0 Å². The van der Waals surface area contributed by atoms with E-state index in [2.05, 4.69) is 24.3 Å². The second kappa shape index (κ2) is 4.49. The van der Waals surface area contributed by atoms with Gasteiger partial charge in [0.1, 0.15) is 0 Å². The molecule has 0 heterocycles. The Morgan fingerprint density at radius 1 is 1.29 bits per heavy atom. The maximum Gasteiger partial charge on any atom is 0.220 e. The topological polar surface area (TPSA) is 69.1 Å². The summed E-state index contributed by atoms with van der Waals surface area (Å²) in [4.78, 5) is 11.0. The Kier molecular flexibility index (Phi) is 3.20. The van der Waals surface area contributed by atoms with E-state index in [1.54, 1.807) is 0 Å². The molecule has 3 heteroatoms. The normalized spacial score (nSPS) is 18.7. The van der Waals surface area contributed by atoms with Crippen molar-refractivity contribution in [1.82, 2.24) is 0 Å². The quantitative estimate of drug-likeness (QED) is 0.805. The SMILES string of the molecule is CC(Cc1ccc(CC2(N)CC2)cc1)C(N)=O. The third-order valence-electron chi connectivity index (χ3n) is 3.50. The van der Waals surface area contributed by atoms with Crippen LogP contribution in [-0.2, 0) is 17.6 Å². The van der Waals surface area contributed by atoms with Crippen molar-refractivity contribution in [2.24, 2.45) is 17.4 Å². The van der Waals surface area contributed by atoms with Crippen LogP contribution in [-0.4, -0.2) is 11.4 Å². The Morgan fingerprint density at radius 2 is 1.82 bits per heavy atom. The Bertz CT molecular complexity index is 407. The van der Waals surface area contributed by atoms with Gasteiger partial charge in [0.05, 0.1) is 0 Å². The first-order valence-corrected chi connectivity index (χ1v) is 6.14. The van der Waals surface area contributed by atoms with E-state index >= 15 is 0 Å². The molecule has 1 saturated carbocycles. The van der Waals surface area contributed by atoms with Crippen LogP contribution in [0.25, 0.3) is 0 Å². The third kappa shape index (κ3) is 3.30. The summed E-state index contributed by atoms with van der Waals surface area (Å²) >= 11 is 0. The second-order valence-corrected chi connectivity index (χ2v) is 5.36. The Hall–Kier alpha value is -1.35. The van der Waals surface area contributed by atoms with E-state index in [-0.39, 0.29) is 17.4 Å². The van der Waals surface area contributed by atoms with E-state index < -0.39 is 0 Å². The van der Waals surface area contributed by atoms with Gasteiger partial charge in [0.2, 0.25) is 5.91 Å². The van der Waals surface area contributed by atoms with Gasteiger partial charge in [-0.3, -0.25) is 4.79 Å². The van der Waals surface area contributed by atoms with Gasteiger partial charge in [-0.2, -0.15) is 0 Å². The molecular weight excluding hydrogens is 212 g/mol. The molecule has 1 amide bonds. The minimum absolute atomic E-state index is 0.0576. The van der Waals surface area contributed by atoms with Crippen LogP contribution in [0.15, 0.2) is 24.3 Å². The first-order valence-electron chi connectivity index (χ1n) is 6.14. The third-order valence-corrected chi connectivity index (χ3v) is 3.50. The van der Waals surface area contributed by atoms with Crippen molar-refractivity contribution in [3.8, 4) is 0 Å². The summed E-state index contributed by atoms with van der Waals surface area (Å²) < 4.78 is 0. The van der Waals surface area contributed by atoms with Crippen LogP contribution in [0.5, 0.6) is 0 Å². The highest BCUT2D eigenvalue weighted by Gasteiger charge is 2.37. The summed E-state index contributed by atoms with van der Waals surface area (Å²) in [6.45, 7) is 1.86. The molecular formula is C14H20N2O. The van der Waals surface area contributed by atoms with Gasteiger partial charge in [0.15, 0.2) is 0 Å². The number of carbonyl (C=O) groups is 1. The molecule has 0 aromatic heterocycles. The van der Waals surface area contributed by atoms with Crippen molar-refractivity contribution in [3.05, 3.63) is 35.4 Å². The predicted octanol–water partition coefficient (Wildman–Crippen LogP) is 1.38. The van der Waals surface area contributed by atoms with Gasteiger partial charge in [-0.15, -0.1) is 0 Å². The van der Waals surface area contributed by atoms with Crippen LogP contribution < -0.4 is 11.5 Å². The fraction of sp³-hybridized carbons (Fsp3) is 0.500. The largest absolute Gasteiger partial charge is 0.369 e. The van der Waals surface area contributed by atoms with E-state index in [1.165, 1.54) is 5.56 Å². The molecule has 0 radical (unpaired) electrons. The van der Waals surface area contributed by atoms with E-state index in [0.29, 0.717) is 6.42 Å². The Morgan fingerprint density at radius 3 is 2.29 bits per heavy atom. The van der Waals surface area contributed by atoms with Crippen LogP contribution in [0.3, 0.4) is 0 Å². The molecule has 3 nitrogen and oxygen atoms in total. The zero-order valence-corrected chi connectivity index (χ0v) is 10.3. The van der Waals surface area contributed by atoms with Crippen LogP contribution in [0.1, 0.15) is 30.9 Å². The smallest absolute Gasteiger partial charge is 0.220 e. The lowest BCUT2D eigenvalue weighted by atomic mass is 9.98. The maximum absolute atomic E-state index is 11.0. The van der Waals surface area contributed by atoms with Crippen molar-refractivity contribution in [1.29, 1.82) is 0 Å². The van der Waals surface area contributed by atoms with Crippen LogP contribution in [0, 0.1) is 5.92 Å². The van der Waals surface area contributed by atoms with Gasteiger partial charge < -0.3 is 11.5 Å². The minimum Gasteiger partial charge on any atom is -0.369 e. The lowest BCUT2D eigenvalue weighted by molar-refractivity contribution is -0.121. The van der Waals surface area contributed by atoms with Gasteiger partial charge in [-0.1, -0.05) is 31.2 Å². The predicted molar refractivity (Wildman–Crippen MR) is 68.4 cm³/mol. The van der Waals surface area contributed by atoms with Crippen molar-refractivity contribution in [3.63, 3.8) is 0 Å². The van der Waals surface area contributed by atoms with Crippen LogP contribution in [0.4, 0.5) is 0 Å². The molecule has 0 saturated heterocycles. The Balaban J connectivity index is 1.95. The highest BCUT2D eigenvalue weighted by molar-refractivity contribution is 5.76. The number of hydrogen-bond acceptors (Lipinski definition) is 2. The van der Waals surface area contributed by atoms with Crippen molar-refractivity contribution in [2.75, 3.05) is 0 Å². The van der Waals surface area contributed by atoms with E-state index in [0.717, 1.165) is 24.8 Å². The molecule has 0 spiro atoms. The van der Waals surface area contributed by atoms with E-state index in [9.17, 15) is 4.79 Å². The molecule has 92 valence electrons. The van der Waals surface area contributed by atoms with Gasteiger partial charge in [0.25, 0.3) is 0 Å². The highest BCUT2D eigenvalue weighted by atomic mass is 16.1. The molecule has 1 aliphatic rings. The highest BCUT2D eigenvalue weighted by Crippen LogP contribution is 2.35. The first-order chi connectivity index (χ1) is 7.98. The lowest BCUT2D eigenvalue weighted by Gasteiger charge is -2.10. The molecule has 1 unspecified atom stereocenters. The molecule has 4 N–H and O–H groups in total. The van der Waals surface area contributed by atoms with E-state index in [1.807, 2.05) is 6.92 Å². The minimum atomic E-state index is -0.243. The molecule has 0 bridgehead atoms. The van der Waals surface area contributed by atoms with Gasteiger partial charge in [-0.25, -0.2) is 0 Å². The fourth-order valence-corrected chi connectivity index (χ4v) is 1.99. The Labute approximate surface area is 102 Å². The van der Waals surface area contributed by atoms with Gasteiger partial charge in [0, 0.05) is 11.5 Å². The summed E-state index contributed by atoms with van der Waals surface area (Å²) in [5.74, 6) is -0.349. The molecule has 1 atom stereocenters. The second-order valence-electron chi connectivity index (χ2n) is 5.36. The molecule has 0 aliphatic heterocycles. The lowest BCUT2D eigenvalue weighted by Crippen LogP contribution is -2.24. The zero-order chi connectivity index (χ0) is 12.5. The summed E-state index contributed by atoms with van der Waals surface area (Å²) in [6.07, 6.45) is 3.93. The average molecular weight is 232 g/mol. The molecule has 1 fully saturated rings. The van der Waals surface area contributed by atoms with Crippen molar-refractivity contribution in [2.45, 2.75) is 38.1 Å². The molecule has 17 heavy (non-hydrogen) atoms. The number of carbonyl (C=O) groups excluding carboxylic acids is 1. The number of benzene rings is 1. The number of nitrogens with two attached hydrogens (primary N) is 2. The van der Waals surface area contributed by atoms with Crippen molar-refractivity contribution < 1.29 is 4.79 Å². The first kappa shape index (κ1) is 12.1. The van der Waals surface area contributed by atoms with Crippen molar-refractivity contribution >= 4 is 5.91 Å². The van der Waals surface area contributed by atoms with Crippen LogP contribution >= 0.6 is 0 Å². The zero-order valence-electron chi connectivity index (χ0n) is 10.3. The summed E-state index contributed by atoms with van der Waals surface area (Å²) in [5, 5.41) is 0. The summed E-state index contributed by atoms with van der Waals surface area (Å²) in [6, 6.07) is 8.35. The monoisotopic (exact) mass is 232 g/mol. The molecule has 1 aromatic rings. The number of hydrogen-bond donors (Lipinski definition) is 2. The fourth-order valence-electron chi connectivity index (χ4n) is 1.99. The molecule has 1 aliphatic carbocycles. The standard InChI is InChI=1S/C14H20N2O/c1-10(13(15)17)8-11-2-4-12(5-3-11)9-14(16)6-7-14/h2-5,10H,6-9,16H2,1H3,(H2,15,17). The number of primary amides is 1. The number of amides is 1. The van der Waals surface area contributed by atoms with E-state index in [4.69, 9.17) is 11.5 Å². The summed E-state index contributed by atoms with van der Waals surface area (Å²) in [5.41, 5.74) is 13.8. The molecule has 2 rings (SSSR count). The average Bonchev–Trinajstić information content (AvgIpc) is 2.99. The summed E-state index contributed by atoms with van der Waals surface area (Å²) in [7, 11) is 0. The van der Waals surface area contributed by atoms with Gasteiger partial charge >= 0.3 is 0 Å². The molecule has 1 aromatic carbocycles.